The van der Waals surface area contributed by atoms with Crippen molar-refractivity contribution < 1.29 is 14.3 Å². The van der Waals surface area contributed by atoms with Crippen LogP contribution in [0.3, 0.4) is 0 Å². The molecule has 7 heteroatoms. The minimum Gasteiger partial charge on any atom is -0.379 e. The molecule has 3 aliphatic rings. The number of carbonyl (C=O) groups excluding carboxylic acids is 2. The van der Waals surface area contributed by atoms with Gasteiger partial charge in [0.1, 0.15) is 0 Å². The van der Waals surface area contributed by atoms with Gasteiger partial charge in [0, 0.05) is 75.9 Å². The Kier molecular flexibility index (Phi) is 7.60. The first kappa shape index (κ1) is 26.8. The second kappa shape index (κ2) is 10.8. The highest BCUT2D eigenvalue weighted by molar-refractivity contribution is 6.07. The molecule has 1 saturated heterocycles. The molecule has 1 aromatic carbocycles. The number of methoxy groups -OCH3 is 1. The third kappa shape index (κ3) is 4.98. The lowest BCUT2D eigenvalue weighted by molar-refractivity contribution is -0.115. The zero-order chi connectivity index (χ0) is 27.1. The molecular formula is C31H42N4O3. The maximum atomic E-state index is 13.6. The molecule has 1 aromatic heterocycles. The molecule has 2 aliphatic carbocycles. The molecule has 0 spiro atoms. The Morgan fingerprint density at radius 1 is 1.16 bits per heavy atom. The van der Waals surface area contributed by atoms with E-state index in [1.165, 1.54) is 12.8 Å². The van der Waals surface area contributed by atoms with Crippen molar-refractivity contribution in [1.29, 1.82) is 0 Å². The van der Waals surface area contributed by atoms with Gasteiger partial charge in [-0.1, -0.05) is 11.6 Å². The number of aromatic nitrogens is 2. The number of benzene rings is 1. The molecular weight excluding hydrogens is 476 g/mol. The molecule has 7 nitrogen and oxygen atoms in total. The van der Waals surface area contributed by atoms with E-state index in [0.717, 1.165) is 70.4 Å². The summed E-state index contributed by atoms with van der Waals surface area (Å²) >= 11 is 0. The van der Waals surface area contributed by atoms with E-state index in [2.05, 4.69) is 34.1 Å². The third-order valence-electron chi connectivity index (χ3n) is 9.19. The number of aryl methyl sites for hydroxylation is 2. The maximum absolute atomic E-state index is 13.6. The van der Waals surface area contributed by atoms with Gasteiger partial charge in [-0.25, -0.2) is 0 Å². The Bertz CT molecular complexity index is 1310. The molecule has 1 aliphatic heterocycles. The van der Waals surface area contributed by atoms with E-state index in [0.29, 0.717) is 37.5 Å². The molecule has 2 heterocycles. The largest absolute Gasteiger partial charge is 0.379 e. The molecule has 5 rings (SSSR count). The van der Waals surface area contributed by atoms with E-state index in [4.69, 9.17) is 4.74 Å². The van der Waals surface area contributed by atoms with Crippen molar-refractivity contribution in [3.05, 3.63) is 46.2 Å². The first-order chi connectivity index (χ1) is 18.2. The Hall–Kier alpha value is -2.77. The topological polar surface area (TPSA) is 67.7 Å². The number of anilines is 1. The summed E-state index contributed by atoms with van der Waals surface area (Å²) in [7, 11) is 5.92. The van der Waals surface area contributed by atoms with Crippen LogP contribution in [0.5, 0.6) is 0 Å². The molecule has 2 fully saturated rings. The SMILES string of the molecule is COC1CN(C2CCC(N(C)c3cc(C(=O)CCC4=C(C)C=C(C)CC4=O)c(C)c4c3cnn4C)CC2)C1. The summed E-state index contributed by atoms with van der Waals surface area (Å²) in [5.41, 5.74) is 6.69. The van der Waals surface area contributed by atoms with E-state index in [-0.39, 0.29) is 11.6 Å². The number of ketones is 2. The van der Waals surface area contributed by atoms with Crippen LogP contribution in [-0.4, -0.2) is 71.7 Å². The summed E-state index contributed by atoms with van der Waals surface area (Å²) in [6.45, 7) is 8.10. The predicted octanol–water partition coefficient (Wildman–Crippen LogP) is 5.16. The molecule has 204 valence electrons. The lowest BCUT2D eigenvalue weighted by Crippen LogP contribution is -2.57. The van der Waals surface area contributed by atoms with E-state index < -0.39 is 0 Å². The fourth-order valence-electron chi connectivity index (χ4n) is 6.82. The number of Topliss-reactive ketones (excluding diaryl/α,β-unsaturated/α-hetero) is 2. The van der Waals surface area contributed by atoms with Gasteiger partial charge >= 0.3 is 0 Å². The van der Waals surface area contributed by atoms with Crippen LogP contribution in [0.15, 0.2) is 35.1 Å². The number of likely N-dealkylation sites (tertiary alicyclic amines) is 1. The summed E-state index contributed by atoms with van der Waals surface area (Å²) < 4.78 is 7.35. The summed E-state index contributed by atoms with van der Waals surface area (Å²) in [6, 6.07) is 3.17. The summed E-state index contributed by atoms with van der Waals surface area (Å²) in [5, 5.41) is 5.66. The van der Waals surface area contributed by atoms with Crippen LogP contribution < -0.4 is 4.90 Å². The monoisotopic (exact) mass is 518 g/mol. The predicted molar refractivity (Wildman–Crippen MR) is 152 cm³/mol. The van der Waals surface area contributed by atoms with Crippen LogP contribution in [0.25, 0.3) is 10.9 Å². The molecule has 1 saturated carbocycles. The Balaban J connectivity index is 1.35. The minimum absolute atomic E-state index is 0.0915. The Labute approximate surface area is 226 Å². The van der Waals surface area contributed by atoms with Gasteiger partial charge in [0.15, 0.2) is 11.6 Å². The second-order valence-electron chi connectivity index (χ2n) is 11.7. The van der Waals surface area contributed by atoms with Crippen LogP contribution in [-0.2, 0) is 16.6 Å². The van der Waals surface area contributed by atoms with Crippen molar-refractivity contribution >= 4 is 28.2 Å². The quantitative estimate of drug-likeness (QED) is 0.450. The van der Waals surface area contributed by atoms with Crippen molar-refractivity contribution in [2.24, 2.45) is 7.05 Å². The Morgan fingerprint density at radius 2 is 1.87 bits per heavy atom. The average Bonchev–Trinajstić information content (AvgIpc) is 3.25. The summed E-state index contributed by atoms with van der Waals surface area (Å²) in [6.07, 6.45) is 10.3. The highest BCUT2D eigenvalue weighted by atomic mass is 16.5. The van der Waals surface area contributed by atoms with E-state index >= 15 is 0 Å². The molecule has 0 radical (unpaired) electrons. The number of hydrogen-bond donors (Lipinski definition) is 0. The van der Waals surface area contributed by atoms with Crippen molar-refractivity contribution in [3.63, 3.8) is 0 Å². The van der Waals surface area contributed by atoms with Crippen LogP contribution in [0.2, 0.25) is 0 Å². The minimum atomic E-state index is 0.0915. The zero-order valence-electron chi connectivity index (χ0n) is 23.8. The fourth-order valence-corrected chi connectivity index (χ4v) is 6.82. The number of rotatable bonds is 8. The molecule has 0 unspecified atom stereocenters. The molecule has 38 heavy (non-hydrogen) atoms. The maximum Gasteiger partial charge on any atom is 0.163 e. The van der Waals surface area contributed by atoms with Gasteiger partial charge < -0.3 is 9.64 Å². The van der Waals surface area contributed by atoms with Gasteiger partial charge in [0.2, 0.25) is 0 Å². The standard InChI is InChI=1S/C31H42N4O3/c1-19-13-20(2)25(30(37)14-19)11-12-29(36)26-15-28(27-16-32-34(5)31(27)21(26)3)33(4)22-7-9-23(10-8-22)35-17-24(18-35)38-6/h13,15-16,22-24H,7-12,14,17-18H2,1-6H3. The van der Waals surface area contributed by atoms with Crippen LogP contribution in [0.4, 0.5) is 5.69 Å². The first-order valence-electron chi connectivity index (χ1n) is 14.1. The van der Waals surface area contributed by atoms with E-state index in [1.807, 2.05) is 38.7 Å². The van der Waals surface area contributed by atoms with Crippen LogP contribution >= 0.6 is 0 Å². The molecule has 0 N–H and O–H groups in total. The van der Waals surface area contributed by atoms with Gasteiger partial charge in [0.25, 0.3) is 0 Å². The number of nitrogens with zero attached hydrogens (tertiary/aromatic N) is 4. The number of carbonyl (C=O) groups is 2. The van der Waals surface area contributed by atoms with E-state index in [1.54, 1.807) is 7.11 Å². The second-order valence-corrected chi connectivity index (χ2v) is 11.7. The van der Waals surface area contributed by atoms with Crippen molar-refractivity contribution in [3.8, 4) is 0 Å². The zero-order valence-corrected chi connectivity index (χ0v) is 23.8. The normalized spacial score (nSPS) is 23.1. The Morgan fingerprint density at radius 3 is 2.53 bits per heavy atom. The molecule has 0 amide bonds. The molecule has 2 aromatic rings. The van der Waals surface area contributed by atoms with Crippen molar-refractivity contribution in [2.75, 3.05) is 32.1 Å². The number of ether oxygens (including phenoxy) is 1. The van der Waals surface area contributed by atoms with Gasteiger partial charge in [0.05, 0.1) is 17.8 Å². The number of fused-ring (bicyclic) bond motifs is 1. The van der Waals surface area contributed by atoms with Crippen molar-refractivity contribution in [1.82, 2.24) is 14.7 Å². The molecule has 0 bridgehead atoms. The van der Waals surface area contributed by atoms with Gasteiger partial charge in [-0.05, 0) is 75.7 Å². The molecule has 0 atom stereocenters. The van der Waals surface area contributed by atoms with Gasteiger partial charge in [-0.15, -0.1) is 0 Å². The third-order valence-corrected chi connectivity index (χ3v) is 9.19. The lowest BCUT2D eigenvalue weighted by atomic mass is 9.86. The van der Waals surface area contributed by atoms with Crippen molar-refractivity contribution in [2.45, 2.75) is 83.9 Å². The summed E-state index contributed by atoms with van der Waals surface area (Å²) in [5.74, 6) is 0.245. The highest BCUT2D eigenvalue weighted by Crippen LogP contribution is 2.37. The highest BCUT2D eigenvalue weighted by Gasteiger charge is 2.35. The fraction of sp³-hybridized carbons (Fsp3) is 0.581. The van der Waals surface area contributed by atoms with Gasteiger partial charge in [-0.3, -0.25) is 19.2 Å². The first-order valence-corrected chi connectivity index (χ1v) is 14.1. The average molecular weight is 519 g/mol. The lowest BCUT2D eigenvalue weighted by Gasteiger charge is -2.47. The van der Waals surface area contributed by atoms with Gasteiger partial charge in [-0.2, -0.15) is 5.10 Å². The smallest absolute Gasteiger partial charge is 0.163 e. The van der Waals surface area contributed by atoms with E-state index in [9.17, 15) is 9.59 Å². The number of allylic oxidation sites excluding steroid dienone is 4. The van der Waals surface area contributed by atoms with Crippen LogP contribution in [0.1, 0.15) is 74.7 Å². The number of hydrogen-bond acceptors (Lipinski definition) is 6. The van der Waals surface area contributed by atoms with Crippen LogP contribution in [0, 0.1) is 6.92 Å². The summed E-state index contributed by atoms with van der Waals surface area (Å²) in [4.78, 5) is 31.2.